The molecule has 0 spiro atoms. The van der Waals surface area contributed by atoms with Crippen molar-refractivity contribution in [3.8, 4) is 11.3 Å². The maximum atomic E-state index is 13.7. The monoisotopic (exact) mass is 518 g/mol. The van der Waals surface area contributed by atoms with Crippen molar-refractivity contribution in [2.24, 2.45) is 5.92 Å². The minimum absolute atomic E-state index is 0.191. The largest absolute Gasteiger partial charge is 0.459 e. The summed E-state index contributed by atoms with van der Waals surface area (Å²) >= 11 is 12.5. The Morgan fingerprint density at radius 2 is 1.53 bits per heavy atom. The number of carbonyl (C=O) groups is 2. The molecular formula is C28H20Cl2N2O4. The van der Waals surface area contributed by atoms with E-state index in [4.69, 9.17) is 32.5 Å². The van der Waals surface area contributed by atoms with Gasteiger partial charge in [-0.1, -0.05) is 71.7 Å². The summed E-state index contributed by atoms with van der Waals surface area (Å²) in [5.74, 6) is -0.387. The number of hydroxylamine groups is 1. The second kappa shape index (κ2) is 9.13. The Kier molecular flexibility index (Phi) is 5.80. The van der Waals surface area contributed by atoms with Gasteiger partial charge in [-0.3, -0.25) is 19.3 Å². The first-order valence-corrected chi connectivity index (χ1v) is 12.2. The fourth-order valence-corrected chi connectivity index (χ4v) is 5.33. The van der Waals surface area contributed by atoms with Gasteiger partial charge in [0, 0.05) is 10.6 Å². The standard InChI is InChI=1S/C28H20Cl2N2O4/c29-18-11-12-20(21(30)15-18)22-13-14-23(35-22)25-24-26(36-32(25)19-9-5-2-6-10-19)28(34)31(27(24)33)16-17-7-3-1-4-8-17/h1-15,24-26H,16H2/t24-,25+,26-/m1/s1. The van der Waals surface area contributed by atoms with Crippen LogP contribution in [-0.4, -0.2) is 22.8 Å². The van der Waals surface area contributed by atoms with Crippen LogP contribution in [0.25, 0.3) is 11.3 Å². The molecular weight excluding hydrogens is 499 g/mol. The lowest BCUT2D eigenvalue weighted by molar-refractivity contribution is -0.143. The molecule has 3 aromatic carbocycles. The molecule has 36 heavy (non-hydrogen) atoms. The second-order valence-electron chi connectivity index (χ2n) is 8.73. The van der Waals surface area contributed by atoms with Crippen molar-refractivity contribution >= 4 is 40.7 Å². The van der Waals surface area contributed by atoms with Crippen LogP contribution in [0.15, 0.2) is 95.4 Å². The Balaban J connectivity index is 1.38. The third-order valence-electron chi connectivity index (χ3n) is 6.52. The number of carbonyl (C=O) groups excluding carboxylic acids is 2. The molecule has 0 saturated carbocycles. The molecule has 1 aromatic heterocycles. The summed E-state index contributed by atoms with van der Waals surface area (Å²) in [5.41, 5.74) is 2.26. The third kappa shape index (κ3) is 3.88. The fourth-order valence-electron chi connectivity index (χ4n) is 4.83. The van der Waals surface area contributed by atoms with Gasteiger partial charge in [0.1, 0.15) is 23.5 Å². The van der Waals surface area contributed by atoms with Gasteiger partial charge in [0.15, 0.2) is 6.10 Å². The van der Waals surface area contributed by atoms with E-state index in [1.54, 1.807) is 35.4 Å². The molecule has 0 bridgehead atoms. The van der Waals surface area contributed by atoms with Crippen LogP contribution in [0.2, 0.25) is 10.0 Å². The summed E-state index contributed by atoms with van der Waals surface area (Å²) in [6.45, 7) is 0.191. The number of amides is 2. The van der Waals surface area contributed by atoms with Crippen molar-refractivity contribution in [1.29, 1.82) is 0 Å². The van der Waals surface area contributed by atoms with E-state index in [0.29, 0.717) is 27.1 Å². The number of para-hydroxylation sites is 1. The van der Waals surface area contributed by atoms with E-state index in [1.165, 1.54) is 4.90 Å². The molecule has 2 fully saturated rings. The quantitative estimate of drug-likeness (QED) is 0.290. The topological polar surface area (TPSA) is 63.0 Å². The zero-order chi connectivity index (χ0) is 24.8. The van der Waals surface area contributed by atoms with Crippen molar-refractivity contribution in [2.45, 2.75) is 18.7 Å². The number of nitrogens with zero attached hydrogens (tertiary/aromatic N) is 2. The van der Waals surface area contributed by atoms with Crippen LogP contribution in [0.4, 0.5) is 5.69 Å². The average molecular weight is 519 g/mol. The van der Waals surface area contributed by atoms with Crippen LogP contribution in [0.3, 0.4) is 0 Å². The molecule has 0 unspecified atom stereocenters. The highest BCUT2D eigenvalue weighted by Gasteiger charge is 2.60. The lowest BCUT2D eigenvalue weighted by Gasteiger charge is -2.27. The predicted octanol–water partition coefficient (Wildman–Crippen LogP) is 6.30. The number of likely N-dealkylation sites (tertiary alicyclic amines) is 1. The maximum Gasteiger partial charge on any atom is 0.262 e. The van der Waals surface area contributed by atoms with Crippen molar-refractivity contribution < 1.29 is 18.8 Å². The van der Waals surface area contributed by atoms with Crippen LogP contribution in [0.5, 0.6) is 0 Å². The molecule has 8 heteroatoms. The highest BCUT2D eigenvalue weighted by molar-refractivity contribution is 6.36. The highest BCUT2D eigenvalue weighted by Crippen LogP contribution is 2.48. The van der Waals surface area contributed by atoms with E-state index < -0.39 is 18.1 Å². The van der Waals surface area contributed by atoms with Gasteiger partial charge in [0.05, 0.1) is 17.3 Å². The smallest absolute Gasteiger partial charge is 0.262 e. The zero-order valence-electron chi connectivity index (χ0n) is 18.9. The van der Waals surface area contributed by atoms with Gasteiger partial charge >= 0.3 is 0 Å². The fraction of sp³-hybridized carbons (Fsp3) is 0.143. The summed E-state index contributed by atoms with van der Waals surface area (Å²) in [6, 6.07) is 26.9. The van der Waals surface area contributed by atoms with Gasteiger partial charge in [0.2, 0.25) is 5.91 Å². The summed E-state index contributed by atoms with van der Waals surface area (Å²) < 4.78 is 6.24. The average Bonchev–Trinajstić information content (AvgIpc) is 3.57. The van der Waals surface area contributed by atoms with Gasteiger partial charge in [0.25, 0.3) is 5.91 Å². The molecule has 2 aliphatic rings. The number of furan rings is 1. The van der Waals surface area contributed by atoms with E-state index in [9.17, 15) is 9.59 Å². The number of hydrogen-bond donors (Lipinski definition) is 0. The lowest BCUT2D eigenvalue weighted by Crippen LogP contribution is -2.36. The Labute approximate surface area is 217 Å². The van der Waals surface area contributed by atoms with Gasteiger partial charge in [-0.2, -0.15) is 0 Å². The number of hydrogen-bond acceptors (Lipinski definition) is 5. The van der Waals surface area contributed by atoms with Gasteiger partial charge in [-0.15, -0.1) is 0 Å². The van der Waals surface area contributed by atoms with Crippen LogP contribution in [0.1, 0.15) is 17.4 Å². The van der Waals surface area contributed by atoms with E-state index in [1.807, 2.05) is 60.7 Å². The summed E-state index contributed by atoms with van der Waals surface area (Å²) in [7, 11) is 0. The molecule has 6 rings (SSSR count). The van der Waals surface area contributed by atoms with E-state index in [0.717, 1.165) is 11.3 Å². The molecule has 2 aliphatic heterocycles. The number of anilines is 1. The first-order chi connectivity index (χ1) is 17.5. The minimum Gasteiger partial charge on any atom is -0.459 e. The Morgan fingerprint density at radius 1 is 0.806 bits per heavy atom. The SMILES string of the molecule is O=C1[C@H]2[C@@H](ON(c3ccccc3)[C@H]2c2ccc(-c3ccc(Cl)cc3Cl)o2)C(=O)N1Cc1ccccc1. The van der Waals surface area contributed by atoms with E-state index in [2.05, 4.69) is 0 Å². The van der Waals surface area contributed by atoms with Crippen molar-refractivity contribution in [3.63, 3.8) is 0 Å². The predicted molar refractivity (Wildman–Crippen MR) is 136 cm³/mol. The molecule has 3 atom stereocenters. The summed E-state index contributed by atoms with van der Waals surface area (Å²) in [5, 5.41) is 2.58. The van der Waals surface area contributed by atoms with Crippen molar-refractivity contribution in [3.05, 3.63) is 112 Å². The van der Waals surface area contributed by atoms with Crippen LogP contribution in [-0.2, 0) is 21.0 Å². The van der Waals surface area contributed by atoms with Gasteiger partial charge < -0.3 is 4.42 Å². The minimum atomic E-state index is -0.945. The first kappa shape index (κ1) is 22.9. The number of imide groups is 1. The molecule has 2 saturated heterocycles. The molecule has 3 heterocycles. The van der Waals surface area contributed by atoms with E-state index >= 15 is 0 Å². The van der Waals surface area contributed by atoms with Crippen LogP contribution < -0.4 is 5.06 Å². The number of rotatable bonds is 5. The number of benzene rings is 3. The lowest BCUT2D eigenvalue weighted by atomic mass is 9.94. The number of halogens is 2. The molecule has 2 amide bonds. The molecule has 0 aliphatic carbocycles. The second-order valence-corrected chi connectivity index (χ2v) is 9.58. The Morgan fingerprint density at radius 3 is 2.25 bits per heavy atom. The van der Waals surface area contributed by atoms with Crippen LogP contribution >= 0.6 is 23.2 Å². The summed E-state index contributed by atoms with van der Waals surface area (Å²) in [4.78, 5) is 34.4. The van der Waals surface area contributed by atoms with Gasteiger partial charge in [-0.05, 0) is 48.0 Å². The molecule has 6 nitrogen and oxygen atoms in total. The maximum absolute atomic E-state index is 13.7. The first-order valence-electron chi connectivity index (χ1n) is 11.5. The Hall–Kier alpha value is -3.58. The highest BCUT2D eigenvalue weighted by atomic mass is 35.5. The van der Waals surface area contributed by atoms with Crippen molar-refractivity contribution in [2.75, 3.05) is 5.06 Å². The van der Waals surface area contributed by atoms with Crippen LogP contribution in [0, 0.1) is 5.92 Å². The third-order valence-corrected chi connectivity index (χ3v) is 7.06. The number of fused-ring (bicyclic) bond motifs is 1. The normalized spacial score (nSPS) is 21.3. The molecule has 4 aromatic rings. The van der Waals surface area contributed by atoms with Crippen molar-refractivity contribution in [1.82, 2.24) is 4.90 Å². The molecule has 0 radical (unpaired) electrons. The van der Waals surface area contributed by atoms with E-state index in [-0.39, 0.29) is 18.4 Å². The zero-order valence-corrected chi connectivity index (χ0v) is 20.4. The summed E-state index contributed by atoms with van der Waals surface area (Å²) in [6.07, 6.45) is -0.945. The Bertz CT molecular complexity index is 1440. The molecule has 180 valence electrons. The molecule has 0 N–H and O–H groups in total. The van der Waals surface area contributed by atoms with Gasteiger partial charge in [-0.25, -0.2) is 5.06 Å².